The van der Waals surface area contributed by atoms with Crippen LogP contribution in [0, 0.1) is 5.92 Å². The molecule has 0 aliphatic carbocycles. The van der Waals surface area contributed by atoms with Crippen LogP contribution in [-0.2, 0) is 36.9 Å². The van der Waals surface area contributed by atoms with E-state index >= 15 is 0 Å². The van der Waals surface area contributed by atoms with Crippen molar-refractivity contribution in [2.75, 3.05) is 0 Å². The SMILES string of the molecule is CC(=O)C(CC(=O)O)NC(=O)[C@H](Cc1ccccc1)NC(=O)[C@@H](NC(=O)OCc1ccccc1)C(C)C. The van der Waals surface area contributed by atoms with Gasteiger partial charge in [0.05, 0.1) is 12.5 Å². The fourth-order valence-corrected chi connectivity index (χ4v) is 3.49. The number of ether oxygens (including phenoxy) is 1. The van der Waals surface area contributed by atoms with Crippen LogP contribution >= 0.6 is 0 Å². The highest BCUT2D eigenvalue weighted by Crippen LogP contribution is 2.09. The predicted molar refractivity (Wildman–Crippen MR) is 135 cm³/mol. The maximum absolute atomic E-state index is 13.2. The number of carbonyl (C=O) groups is 5. The summed E-state index contributed by atoms with van der Waals surface area (Å²) in [5, 5.41) is 16.7. The number of alkyl carbamates (subject to hydrolysis) is 1. The van der Waals surface area contributed by atoms with E-state index in [0.717, 1.165) is 11.1 Å². The van der Waals surface area contributed by atoms with Crippen LogP contribution in [0.2, 0.25) is 0 Å². The number of carboxylic acid groups (broad SMARTS) is 1. The van der Waals surface area contributed by atoms with Gasteiger partial charge in [0.2, 0.25) is 11.8 Å². The van der Waals surface area contributed by atoms with Crippen molar-refractivity contribution in [1.29, 1.82) is 0 Å². The Morgan fingerprint density at radius 2 is 1.32 bits per heavy atom. The maximum atomic E-state index is 13.2. The van der Waals surface area contributed by atoms with E-state index < -0.39 is 54.2 Å². The molecule has 10 nitrogen and oxygen atoms in total. The Hall–Kier alpha value is -4.21. The first kappa shape index (κ1) is 29.0. The molecule has 0 radical (unpaired) electrons. The van der Waals surface area contributed by atoms with E-state index in [9.17, 15) is 24.0 Å². The van der Waals surface area contributed by atoms with E-state index in [0.29, 0.717) is 0 Å². The first-order valence-corrected chi connectivity index (χ1v) is 11.9. The summed E-state index contributed by atoms with van der Waals surface area (Å²) in [5.41, 5.74) is 1.51. The van der Waals surface area contributed by atoms with Gasteiger partial charge in [-0.1, -0.05) is 74.5 Å². The number of ketones is 1. The van der Waals surface area contributed by atoms with Crippen LogP contribution in [0.4, 0.5) is 4.79 Å². The third-order valence-corrected chi connectivity index (χ3v) is 5.54. The molecule has 0 aliphatic heterocycles. The molecule has 2 rings (SSSR count). The smallest absolute Gasteiger partial charge is 0.408 e. The number of carbonyl (C=O) groups excluding carboxylic acids is 4. The summed E-state index contributed by atoms with van der Waals surface area (Å²) in [6, 6.07) is 14.6. The summed E-state index contributed by atoms with van der Waals surface area (Å²) >= 11 is 0. The van der Waals surface area contributed by atoms with E-state index in [4.69, 9.17) is 9.84 Å². The predicted octanol–water partition coefficient (Wildman–Crippen LogP) is 2.21. The lowest BCUT2D eigenvalue weighted by Gasteiger charge is -2.26. The Morgan fingerprint density at radius 1 is 0.784 bits per heavy atom. The van der Waals surface area contributed by atoms with Crippen LogP contribution in [0.1, 0.15) is 38.3 Å². The van der Waals surface area contributed by atoms with Crippen molar-refractivity contribution in [3.8, 4) is 0 Å². The molecule has 1 unspecified atom stereocenters. The molecule has 0 aliphatic rings. The second-order valence-electron chi connectivity index (χ2n) is 8.95. The minimum Gasteiger partial charge on any atom is -0.481 e. The molecular weight excluding hydrogens is 478 g/mol. The molecule has 4 N–H and O–H groups in total. The minimum atomic E-state index is -1.25. The molecule has 0 spiro atoms. The number of benzene rings is 2. The molecule has 0 saturated carbocycles. The van der Waals surface area contributed by atoms with E-state index in [1.165, 1.54) is 6.92 Å². The average Bonchev–Trinajstić information content (AvgIpc) is 2.85. The van der Waals surface area contributed by atoms with Crippen LogP contribution in [0.25, 0.3) is 0 Å². The lowest BCUT2D eigenvalue weighted by molar-refractivity contribution is -0.140. The third-order valence-electron chi connectivity index (χ3n) is 5.54. The summed E-state index contributed by atoms with van der Waals surface area (Å²) in [5.74, 6) is -3.46. The van der Waals surface area contributed by atoms with Gasteiger partial charge < -0.3 is 25.8 Å². The Labute approximate surface area is 215 Å². The zero-order valence-corrected chi connectivity index (χ0v) is 21.1. The van der Waals surface area contributed by atoms with E-state index in [-0.39, 0.29) is 18.9 Å². The quantitative estimate of drug-likeness (QED) is 0.322. The first-order chi connectivity index (χ1) is 17.6. The number of hydrogen-bond acceptors (Lipinski definition) is 6. The second kappa shape index (κ2) is 14.4. The molecule has 2 aromatic carbocycles. The molecule has 3 amide bonds. The van der Waals surface area contributed by atoms with Crippen LogP contribution in [0.15, 0.2) is 60.7 Å². The van der Waals surface area contributed by atoms with E-state index in [1.54, 1.807) is 56.3 Å². The minimum absolute atomic E-state index is 0.0220. The van der Waals surface area contributed by atoms with Crippen molar-refractivity contribution >= 4 is 29.7 Å². The molecule has 2 aromatic rings. The number of Topliss-reactive ketones (excluding diaryl/α,β-unsaturated/α-hetero) is 1. The molecule has 0 aromatic heterocycles. The number of amides is 3. The van der Waals surface area contributed by atoms with Crippen molar-refractivity contribution in [2.45, 2.75) is 58.3 Å². The number of carboxylic acids is 1. The van der Waals surface area contributed by atoms with Gasteiger partial charge in [0.15, 0.2) is 5.78 Å². The molecule has 10 heteroatoms. The van der Waals surface area contributed by atoms with Gasteiger partial charge in [-0.2, -0.15) is 0 Å². The lowest BCUT2D eigenvalue weighted by atomic mass is 10.0. The second-order valence-corrected chi connectivity index (χ2v) is 8.95. The molecule has 0 bridgehead atoms. The molecule has 198 valence electrons. The van der Waals surface area contributed by atoms with E-state index in [1.807, 2.05) is 18.2 Å². The van der Waals surface area contributed by atoms with Gasteiger partial charge in [-0.05, 0) is 24.0 Å². The Morgan fingerprint density at radius 3 is 1.84 bits per heavy atom. The van der Waals surface area contributed by atoms with Crippen molar-refractivity contribution in [1.82, 2.24) is 16.0 Å². The molecule has 3 atom stereocenters. The van der Waals surface area contributed by atoms with Crippen LogP contribution in [0.5, 0.6) is 0 Å². The zero-order valence-electron chi connectivity index (χ0n) is 21.1. The van der Waals surface area contributed by atoms with Gasteiger partial charge in [-0.15, -0.1) is 0 Å². The van der Waals surface area contributed by atoms with E-state index in [2.05, 4.69) is 16.0 Å². The monoisotopic (exact) mass is 511 g/mol. The van der Waals surface area contributed by atoms with Gasteiger partial charge in [0.1, 0.15) is 18.7 Å². The summed E-state index contributed by atoms with van der Waals surface area (Å²) in [4.78, 5) is 61.6. The zero-order chi connectivity index (χ0) is 27.4. The van der Waals surface area contributed by atoms with Crippen molar-refractivity contribution < 1.29 is 33.8 Å². The molecule has 0 fully saturated rings. The van der Waals surface area contributed by atoms with Crippen LogP contribution in [-0.4, -0.2) is 52.9 Å². The van der Waals surface area contributed by atoms with Crippen molar-refractivity contribution in [2.24, 2.45) is 5.92 Å². The number of rotatable bonds is 13. The molecular formula is C27H33N3O7. The van der Waals surface area contributed by atoms with Crippen LogP contribution in [0.3, 0.4) is 0 Å². The molecule has 37 heavy (non-hydrogen) atoms. The Kier molecular flexibility index (Phi) is 11.3. The Bertz CT molecular complexity index is 1070. The maximum Gasteiger partial charge on any atom is 0.408 e. The average molecular weight is 512 g/mol. The highest BCUT2D eigenvalue weighted by molar-refractivity contribution is 5.95. The summed E-state index contributed by atoms with van der Waals surface area (Å²) < 4.78 is 5.22. The largest absolute Gasteiger partial charge is 0.481 e. The topological polar surface area (TPSA) is 151 Å². The highest BCUT2D eigenvalue weighted by atomic mass is 16.5. The van der Waals surface area contributed by atoms with Gasteiger partial charge >= 0.3 is 12.1 Å². The first-order valence-electron chi connectivity index (χ1n) is 11.9. The van der Waals surface area contributed by atoms with Gasteiger partial charge in [-0.25, -0.2) is 4.79 Å². The lowest BCUT2D eigenvalue weighted by Crippen LogP contribution is -2.57. The van der Waals surface area contributed by atoms with Crippen molar-refractivity contribution in [3.63, 3.8) is 0 Å². The fourth-order valence-electron chi connectivity index (χ4n) is 3.49. The van der Waals surface area contributed by atoms with Gasteiger partial charge in [0, 0.05) is 6.42 Å². The van der Waals surface area contributed by atoms with Crippen molar-refractivity contribution in [3.05, 3.63) is 71.8 Å². The third kappa shape index (κ3) is 10.1. The standard InChI is InChI=1S/C27H33N3O7/c1-17(2)24(30-27(36)37-16-20-12-8-5-9-13-20)26(35)29-22(14-19-10-6-4-7-11-19)25(34)28-21(18(3)31)15-23(32)33/h4-13,17,21-22,24H,14-16H2,1-3H3,(H,28,34)(H,29,35)(H,30,36)(H,32,33)/t21?,22-,24-/m0/s1. The van der Waals surface area contributed by atoms with Crippen LogP contribution < -0.4 is 16.0 Å². The number of hydrogen-bond donors (Lipinski definition) is 4. The highest BCUT2D eigenvalue weighted by Gasteiger charge is 2.31. The summed E-state index contributed by atoms with van der Waals surface area (Å²) in [7, 11) is 0. The van der Waals surface area contributed by atoms with Gasteiger partial charge in [0.25, 0.3) is 0 Å². The van der Waals surface area contributed by atoms with Gasteiger partial charge in [-0.3, -0.25) is 19.2 Å². The number of nitrogens with one attached hydrogen (secondary N) is 3. The summed E-state index contributed by atoms with van der Waals surface area (Å²) in [6.07, 6.45) is -1.30. The number of aliphatic carboxylic acids is 1. The molecule has 0 heterocycles. The molecule has 0 saturated heterocycles. The normalized spacial score (nSPS) is 13.1. The summed E-state index contributed by atoms with van der Waals surface area (Å²) in [6.45, 7) is 4.66. The fraction of sp³-hybridized carbons (Fsp3) is 0.370. The Balaban J connectivity index is 2.13.